The molecule has 2 atom stereocenters. The maximum absolute atomic E-state index is 13.3. The molecule has 0 aromatic carbocycles. The Morgan fingerprint density at radius 3 is 2.70 bits per heavy atom. The summed E-state index contributed by atoms with van der Waals surface area (Å²) < 4.78 is 1.79. The molecule has 0 bridgehead atoms. The number of oxime groups is 1. The van der Waals surface area contributed by atoms with E-state index in [1.807, 2.05) is 6.92 Å². The summed E-state index contributed by atoms with van der Waals surface area (Å²) in [5.74, 6) is -2.90. The van der Waals surface area contributed by atoms with Crippen LogP contribution in [0.4, 0.5) is 16.8 Å². The number of hydrogen-bond acceptors (Lipinski definition) is 15. The zero-order valence-electron chi connectivity index (χ0n) is 23.4. The maximum Gasteiger partial charge on any atom is 0.350 e. The second kappa shape index (κ2) is 12.6. The predicted molar refractivity (Wildman–Crippen MR) is 158 cm³/mol. The molecule has 0 saturated carbocycles. The molecule has 2 aliphatic rings. The fourth-order valence-corrected chi connectivity index (χ4v) is 7.12. The molecule has 2 aromatic rings. The Kier molecular flexibility index (Phi) is 9.35. The van der Waals surface area contributed by atoms with E-state index in [1.165, 1.54) is 43.6 Å². The second-order valence-electron chi connectivity index (χ2n) is 9.74. The number of carboxylic acids is 2. The fraction of sp³-hybridized carbons (Fsp3) is 0.417. The highest BCUT2D eigenvalue weighted by atomic mass is 32.2. The number of nitrogens with zero attached hydrogens (tertiary/aromatic N) is 5. The molecule has 4 rings (SSSR count). The molecule has 230 valence electrons. The molecule has 0 spiro atoms. The first-order chi connectivity index (χ1) is 20.2. The number of fused-ring (bicyclic) bond motifs is 1. The van der Waals surface area contributed by atoms with Crippen molar-refractivity contribution in [1.82, 2.24) is 20.2 Å². The van der Waals surface area contributed by atoms with Crippen LogP contribution in [0.5, 0.6) is 0 Å². The number of anilines is 3. The molecule has 7 N–H and O–H groups in total. The predicted octanol–water partition coefficient (Wildman–Crippen LogP) is -1.26. The lowest BCUT2D eigenvalue weighted by molar-refractivity contribution is -0.699. The lowest BCUT2D eigenvalue weighted by Gasteiger charge is -2.50. The average Bonchev–Trinajstić information content (AvgIpc) is 3.37. The molecule has 2 aromatic heterocycles. The number of carbonyl (C=O) groups is 4. The van der Waals surface area contributed by atoms with Gasteiger partial charge in [-0.15, -0.1) is 11.8 Å². The van der Waals surface area contributed by atoms with Gasteiger partial charge in [0.1, 0.15) is 11.4 Å². The molecule has 16 nitrogen and oxygen atoms in total. The van der Waals surface area contributed by atoms with Gasteiger partial charge >= 0.3 is 11.1 Å². The molecular weight excluding hydrogens is 623 g/mol. The lowest BCUT2D eigenvalue weighted by atomic mass is 10.0. The number of aromatic nitrogens is 3. The number of nitrogens with two attached hydrogens (primary N) is 2. The van der Waals surface area contributed by atoms with E-state index in [0.717, 1.165) is 22.1 Å². The standard InChI is InChI=1S/C24H29N9O7S3/c1-5-27-13-6-12(25)29-23(32(13)4)42-9-10-8-41-19-15(18(35)33(19)16(10)20(36)37)30-17(34)14(11-7-28-22(26)43-11)31-40-24(2,3)21(38)39/h6-7,15,19H,5,8-9H2,1-4H3,(H7,25,26,27,28,30,31,34,36,37,38,39). The van der Waals surface area contributed by atoms with Gasteiger partial charge in [-0.25, -0.2) is 14.3 Å². The highest BCUT2D eigenvalue weighted by molar-refractivity contribution is 8.01. The van der Waals surface area contributed by atoms with E-state index in [4.69, 9.17) is 16.3 Å². The molecule has 43 heavy (non-hydrogen) atoms. The van der Waals surface area contributed by atoms with E-state index >= 15 is 0 Å². The van der Waals surface area contributed by atoms with Crippen LogP contribution in [0.1, 0.15) is 25.6 Å². The number of rotatable bonds is 12. The Bertz CT molecular complexity index is 1540. The van der Waals surface area contributed by atoms with E-state index in [-0.39, 0.29) is 32.9 Å². The smallest absolute Gasteiger partial charge is 0.350 e. The van der Waals surface area contributed by atoms with Gasteiger partial charge in [0, 0.05) is 17.7 Å². The second-order valence-corrected chi connectivity index (χ2v) is 12.8. The van der Waals surface area contributed by atoms with Gasteiger partial charge in [-0.3, -0.25) is 14.5 Å². The summed E-state index contributed by atoms with van der Waals surface area (Å²) >= 11 is 3.43. The van der Waals surface area contributed by atoms with Gasteiger partial charge in [0.2, 0.25) is 17.2 Å². The van der Waals surface area contributed by atoms with Crippen LogP contribution in [0, 0.1) is 0 Å². The van der Waals surface area contributed by atoms with E-state index in [1.54, 1.807) is 17.7 Å². The monoisotopic (exact) mass is 651 g/mol. The van der Waals surface area contributed by atoms with Crippen LogP contribution in [0.25, 0.3) is 0 Å². The summed E-state index contributed by atoms with van der Waals surface area (Å²) in [4.78, 5) is 64.7. The number of thioether (sulfide) groups is 2. The third kappa shape index (κ3) is 6.62. The van der Waals surface area contributed by atoms with Gasteiger partial charge in [0.25, 0.3) is 11.8 Å². The zero-order chi connectivity index (χ0) is 31.6. The topological polar surface area (TPSA) is 242 Å². The van der Waals surface area contributed by atoms with E-state index in [2.05, 4.69) is 25.8 Å². The lowest BCUT2D eigenvalue weighted by Crippen LogP contribution is -2.71. The molecule has 2 aliphatic heterocycles. The van der Waals surface area contributed by atoms with Crippen molar-refractivity contribution in [3.05, 3.63) is 28.4 Å². The van der Waals surface area contributed by atoms with Crippen molar-refractivity contribution in [3.63, 3.8) is 0 Å². The summed E-state index contributed by atoms with van der Waals surface area (Å²) in [6, 6.07) is 0.590. The molecule has 2 unspecified atom stereocenters. The van der Waals surface area contributed by atoms with Crippen LogP contribution in [0.3, 0.4) is 0 Å². The molecule has 0 aliphatic carbocycles. The summed E-state index contributed by atoms with van der Waals surface area (Å²) in [6.07, 6.45) is 1.26. The summed E-state index contributed by atoms with van der Waals surface area (Å²) in [5.41, 5.74) is 9.71. The van der Waals surface area contributed by atoms with Gasteiger partial charge in [0.15, 0.2) is 10.8 Å². The maximum atomic E-state index is 13.3. The number of aliphatic carboxylic acids is 2. The van der Waals surface area contributed by atoms with Crippen LogP contribution in [0.15, 0.2) is 33.8 Å². The van der Waals surface area contributed by atoms with Gasteiger partial charge in [-0.05, 0) is 38.1 Å². The first kappa shape index (κ1) is 31.8. The molecule has 19 heteroatoms. The van der Waals surface area contributed by atoms with Crippen molar-refractivity contribution < 1.29 is 38.8 Å². The van der Waals surface area contributed by atoms with Gasteiger partial charge in [-0.1, -0.05) is 21.5 Å². The molecule has 0 radical (unpaired) electrons. The quantitative estimate of drug-likeness (QED) is 0.0449. The zero-order valence-corrected chi connectivity index (χ0v) is 25.9. The highest BCUT2D eigenvalue weighted by Gasteiger charge is 2.53. The van der Waals surface area contributed by atoms with Crippen molar-refractivity contribution in [2.24, 2.45) is 12.2 Å². The van der Waals surface area contributed by atoms with Crippen molar-refractivity contribution in [1.29, 1.82) is 0 Å². The van der Waals surface area contributed by atoms with E-state index in [9.17, 15) is 29.4 Å². The minimum absolute atomic E-state index is 0.121. The number of β-lactam (4-membered cyclic amide) rings is 1. The third-order valence-corrected chi connectivity index (χ3v) is 9.56. The van der Waals surface area contributed by atoms with E-state index in [0.29, 0.717) is 23.1 Å². The SMILES string of the molecule is CCNc1cc(N)nc(SCC2=C(C(=O)[O-])N3C(=O)C(NC(=O)/C(=N\OC(C)(C)C(=O)O)c4cnc(N)s4)C3SC2)[n+]1C. The van der Waals surface area contributed by atoms with Crippen molar-refractivity contribution >= 4 is 81.1 Å². The average molecular weight is 652 g/mol. The minimum atomic E-state index is -1.77. The molecule has 1 fully saturated rings. The Morgan fingerprint density at radius 1 is 1.37 bits per heavy atom. The van der Waals surface area contributed by atoms with Crippen LogP contribution >= 0.6 is 34.9 Å². The van der Waals surface area contributed by atoms with Crippen LogP contribution in [0.2, 0.25) is 0 Å². The Labute approximate surface area is 257 Å². The summed E-state index contributed by atoms with van der Waals surface area (Å²) in [6.45, 7) is 5.09. The number of nitrogens with one attached hydrogen (secondary N) is 2. The minimum Gasteiger partial charge on any atom is -0.543 e. The van der Waals surface area contributed by atoms with Crippen molar-refractivity contribution in [2.45, 2.75) is 42.9 Å². The summed E-state index contributed by atoms with van der Waals surface area (Å²) in [5, 5.41) is 31.0. The fourth-order valence-electron chi connectivity index (χ4n) is 3.98. The van der Waals surface area contributed by atoms with Crippen LogP contribution < -0.4 is 31.8 Å². The number of hydrogen-bond donors (Lipinski definition) is 5. The van der Waals surface area contributed by atoms with Crippen LogP contribution in [-0.2, 0) is 31.1 Å². The van der Waals surface area contributed by atoms with Gasteiger partial charge in [0.05, 0.1) is 36.2 Å². The number of nitrogen functional groups attached to an aromatic ring is 2. The van der Waals surface area contributed by atoms with Crippen molar-refractivity contribution in [2.75, 3.05) is 34.8 Å². The Hall–Kier alpha value is -4.10. The largest absolute Gasteiger partial charge is 0.543 e. The van der Waals surface area contributed by atoms with Gasteiger partial charge in [-0.2, -0.15) is 0 Å². The Morgan fingerprint density at radius 2 is 2.09 bits per heavy atom. The van der Waals surface area contributed by atoms with Gasteiger partial charge < -0.3 is 41.9 Å². The van der Waals surface area contributed by atoms with Crippen molar-refractivity contribution in [3.8, 4) is 0 Å². The first-order valence-corrected chi connectivity index (χ1v) is 15.5. The van der Waals surface area contributed by atoms with E-state index < -0.39 is 40.8 Å². The molecule has 1 saturated heterocycles. The summed E-state index contributed by atoms with van der Waals surface area (Å²) in [7, 11) is 1.80. The number of thiazole rings is 1. The first-order valence-electron chi connectivity index (χ1n) is 12.7. The normalized spacial score (nSPS) is 18.6. The third-order valence-electron chi connectivity index (χ3n) is 6.27. The molecule has 4 heterocycles. The number of carboxylic acid groups (broad SMARTS) is 2. The Balaban J connectivity index is 1.53. The van der Waals surface area contributed by atoms with Crippen LogP contribution in [-0.4, -0.2) is 84.5 Å². The number of amides is 2. The molecular formula is C24H29N9O7S3. The molecule has 2 amide bonds. The number of carbonyl (C=O) groups excluding carboxylic acids is 3. The highest BCUT2D eigenvalue weighted by Crippen LogP contribution is 2.41.